The molecule has 3 rings (SSSR count). The van der Waals surface area contributed by atoms with E-state index in [-0.39, 0.29) is 11.2 Å². The van der Waals surface area contributed by atoms with Crippen LogP contribution in [0.5, 0.6) is 5.75 Å². The van der Waals surface area contributed by atoms with Crippen LogP contribution in [0.25, 0.3) is 22.6 Å². The Morgan fingerprint density at radius 2 is 2.24 bits per heavy atom. The second-order valence-corrected chi connectivity index (χ2v) is 4.17. The van der Waals surface area contributed by atoms with Crippen molar-refractivity contribution in [2.24, 2.45) is 0 Å². The molecule has 0 radical (unpaired) electrons. The third-order valence-electron chi connectivity index (χ3n) is 2.86. The van der Waals surface area contributed by atoms with Crippen LogP contribution in [-0.2, 0) is 0 Å². The normalized spacial score (nSPS) is 10.5. The van der Waals surface area contributed by atoms with Crippen molar-refractivity contribution in [1.29, 1.82) is 5.26 Å². The first-order valence-corrected chi connectivity index (χ1v) is 6.21. The van der Waals surface area contributed by atoms with E-state index in [1.54, 1.807) is 18.2 Å². The third kappa shape index (κ3) is 2.21. The summed E-state index contributed by atoms with van der Waals surface area (Å²) in [6, 6.07) is 6.95. The van der Waals surface area contributed by atoms with Gasteiger partial charge in [-0.1, -0.05) is 0 Å². The number of nitrogens with zero attached hydrogens (tertiary/aromatic N) is 4. The molecule has 0 aliphatic heterocycles. The van der Waals surface area contributed by atoms with Gasteiger partial charge in [0, 0.05) is 0 Å². The summed E-state index contributed by atoms with van der Waals surface area (Å²) in [6.07, 6.45) is 0. The van der Waals surface area contributed by atoms with Gasteiger partial charge in [0.05, 0.1) is 23.8 Å². The SMILES string of the molecule is CCOc1cc(C#N)ccc1-c1nc2n[nH]nc2c(=O)[nH]1. The predicted molar refractivity (Wildman–Crippen MR) is 73.6 cm³/mol. The number of fused-ring (bicyclic) bond motifs is 1. The van der Waals surface area contributed by atoms with Gasteiger partial charge in [0.2, 0.25) is 5.65 Å². The maximum absolute atomic E-state index is 11.9. The quantitative estimate of drug-likeness (QED) is 0.738. The number of benzene rings is 1. The Hall–Kier alpha value is -3.21. The fourth-order valence-corrected chi connectivity index (χ4v) is 1.95. The molecule has 2 N–H and O–H groups in total. The Labute approximate surface area is 118 Å². The molecule has 0 saturated carbocycles. The summed E-state index contributed by atoms with van der Waals surface area (Å²) in [4.78, 5) is 18.8. The smallest absolute Gasteiger partial charge is 0.281 e. The highest BCUT2D eigenvalue weighted by Gasteiger charge is 2.13. The summed E-state index contributed by atoms with van der Waals surface area (Å²) in [6.45, 7) is 2.26. The molecule has 1 aromatic carbocycles. The highest BCUT2D eigenvalue weighted by molar-refractivity contribution is 5.73. The maximum Gasteiger partial charge on any atom is 0.281 e. The Kier molecular flexibility index (Phi) is 3.08. The van der Waals surface area contributed by atoms with Gasteiger partial charge in [-0.3, -0.25) is 4.79 Å². The average Bonchev–Trinajstić information content (AvgIpc) is 2.96. The molecule has 21 heavy (non-hydrogen) atoms. The van der Waals surface area contributed by atoms with Crippen molar-refractivity contribution in [3.63, 3.8) is 0 Å². The molecule has 0 spiro atoms. The van der Waals surface area contributed by atoms with Crippen molar-refractivity contribution in [2.45, 2.75) is 6.92 Å². The van der Waals surface area contributed by atoms with E-state index < -0.39 is 5.56 Å². The summed E-state index contributed by atoms with van der Waals surface area (Å²) in [5.41, 5.74) is 1.02. The van der Waals surface area contributed by atoms with Crippen LogP contribution in [0.15, 0.2) is 23.0 Å². The van der Waals surface area contributed by atoms with Gasteiger partial charge in [-0.25, -0.2) is 4.98 Å². The van der Waals surface area contributed by atoms with E-state index in [4.69, 9.17) is 10.00 Å². The van der Waals surface area contributed by atoms with E-state index in [1.807, 2.05) is 13.0 Å². The first kappa shape index (κ1) is 12.8. The zero-order valence-electron chi connectivity index (χ0n) is 11.0. The molecule has 8 nitrogen and oxygen atoms in total. The van der Waals surface area contributed by atoms with Gasteiger partial charge in [-0.15, -0.1) is 10.2 Å². The molecule has 2 heterocycles. The van der Waals surface area contributed by atoms with Crippen molar-refractivity contribution >= 4 is 11.2 Å². The van der Waals surface area contributed by atoms with E-state index >= 15 is 0 Å². The lowest BCUT2D eigenvalue weighted by atomic mass is 10.1. The maximum atomic E-state index is 11.9. The molecule has 2 aromatic heterocycles. The minimum Gasteiger partial charge on any atom is -0.493 e. The monoisotopic (exact) mass is 282 g/mol. The van der Waals surface area contributed by atoms with Gasteiger partial charge >= 0.3 is 0 Å². The molecule has 0 atom stereocenters. The molecule has 8 heteroatoms. The van der Waals surface area contributed by atoms with Gasteiger partial charge in [-0.2, -0.15) is 10.5 Å². The molecule has 0 aliphatic rings. The van der Waals surface area contributed by atoms with E-state index in [0.29, 0.717) is 29.3 Å². The third-order valence-corrected chi connectivity index (χ3v) is 2.86. The highest BCUT2D eigenvalue weighted by atomic mass is 16.5. The number of nitrogens with one attached hydrogen (secondary N) is 2. The van der Waals surface area contributed by atoms with E-state index in [2.05, 4.69) is 25.4 Å². The molecule has 0 amide bonds. The number of nitriles is 1. The fraction of sp³-hybridized carbons (Fsp3) is 0.154. The lowest BCUT2D eigenvalue weighted by Crippen LogP contribution is -2.10. The van der Waals surface area contributed by atoms with Gasteiger partial charge in [0.1, 0.15) is 11.6 Å². The van der Waals surface area contributed by atoms with Gasteiger partial charge < -0.3 is 9.72 Å². The van der Waals surface area contributed by atoms with E-state index in [9.17, 15) is 4.79 Å². The fourth-order valence-electron chi connectivity index (χ4n) is 1.95. The Balaban J connectivity index is 2.22. The minimum absolute atomic E-state index is 0.144. The molecular formula is C13H10N6O2. The van der Waals surface area contributed by atoms with Crippen LogP contribution in [0.1, 0.15) is 12.5 Å². The van der Waals surface area contributed by atoms with Crippen LogP contribution in [0.2, 0.25) is 0 Å². The summed E-state index contributed by atoms with van der Waals surface area (Å²) in [5.74, 6) is 0.789. The van der Waals surface area contributed by atoms with Crippen molar-refractivity contribution in [2.75, 3.05) is 6.61 Å². The molecule has 0 aliphatic carbocycles. The Morgan fingerprint density at radius 1 is 1.38 bits per heavy atom. The average molecular weight is 282 g/mol. The molecule has 0 bridgehead atoms. The van der Waals surface area contributed by atoms with Crippen LogP contribution < -0.4 is 10.3 Å². The molecule has 104 valence electrons. The second-order valence-electron chi connectivity index (χ2n) is 4.17. The summed E-state index contributed by atoms with van der Waals surface area (Å²) in [5, 5.41) is 18.8. The number of rotatable bonds is 3. The highest BCUT2D eigenvalue weighted by Crippen LogP contribution is 2.28. The Morgan fingerprint density at radius 3 is 3.00 bits per heavy atom. The molecule has 0 saturated heterocycles. The van der Waals surface area contributed by atoms with Crippen molar-refractivity contribution in [1.82, 2.24) is 25.4 Å². The van der Waals surface area contributed by atoms with E-state index in [1.165, 1.54) is 0 Å². The van der Waals surface area contributed by atoms with Crippen LogP contribution >= 0.6 is 0 Å². The summed E-state index contributed by atoms with van der Waals surface area (Å²) < 4.78 is 5.51. The number of aromatic amines is 2. The Bertz CT molecular complexity index is 905. The first-order valence-electron chi connectivity index (χ1n) is 6.21. The zero-order valence-corrected chi connectivity index (χ0v) is 11.0. The van der Waals surface area contributed by atoms with Gasteiger partial charge in [0.25, 0.3) is 5.56 Å². The first-order chi connectivity index (χ1) is 10.2. The molecule has 0 unspecified atom stereocenters. The van der Waals surface area contributed by atoms with Crippen molar-refractivity contribution < 1.29 is 4.74 Å². The zero-order chi connectivity index (χ0) is 14.8. The number of ether oxygens (including phenoxy) is 1. The number of H-pyrrole nitrogens is 2. The molecule has 3 aromatic rings. The second kappa shape index (κ2) is 5.05. The molecule has 0 fully saturated rings. The standard InChI is InChI=1S/C13H10N6O2/c1-2-21-9-5-7(6-14)3-4-8(9)11-15-12-10(13(20)16-11)17-19-18-12/h3-5H,2H2,1H3,(H2,15,16,17,18,19,20). The number of aromatic nitrogens is 5. The van der Waals surface area contributed by atoms with Gasteiger partial charge in [0.15, 0.2) is 5.52 Å². The lowest BCUT2D eigenvalue weighted by molar-refractivity contribution is 0.341. The summed E-state index contributed by atoms with van der Waals surface area (Å²) in [7, 11) is 0. The van der Waals surface area contributed by atoms with Crippen molar-refractivity contribution in [3.05, 3.63) is 34.1 Å². The number of hydrogen-bond donors (Lipinski definition) is 2. The van der Waals surface area contributed by atoms with Crippen LogP contribution in [0, 0.1) is 11.3 Å². The predicted octanol–water partition coefficient (Wildman–Crippen LogP) is 0.979. The largest absolute Gasteiger partial charge is 0.493 e. The van der Waals surface area contributed by atoms with Crippen LogP contribution in [0.3, 0.4) is 0 Å². The topological polar surface area (TPSA) is 120 Å². The lowest BCUT2D eigenvalue weighted by Gasteiger charge is -2.09. The van der Waals surface area contributed by atoms with Gasteiger partial charge in [-0.05, 0) is 25.1 Å². The minimum atomic E-state index is -0.393. The van der Waals surface area contributed by atoms with Crippen LogP contribution in [0.4, 0.5) is 0 Å². The van der Waals surface area contributed by atoms with Crippen molar-refractivity contribution in [3.8, 4) is 23.2 Å². The molecular weight excluding hydrogens is 272 g/mol. The van der Waals surface area contributed by atoms with E-state index in [0.717, 1.165) is 0 Å². The number of hydrogen-bond acceptors (Lipinski definition) is 6. The summed E-state index contributed by atoms with van der Waals surface area (Å²) >= 11 is 0. The van der Waals surface area contributed by atoms with Crippen LogP contribution in [-0.4, -0.2) is 32.0 Å².